The van der Waals surface area contributed by atoms with Crippen molar-refractivity contribution in [2.75, 3.05) is 24.3 Å². The fourth-order valence-electron chi connectivity index (χ4n) is 4.09. The number of fused-ring (bicyclic) bond motifs is 1. The molecule has 0 aliphatic carbocycles. The van der Waals surface area contributed by atoms with Crippen LogP contribution in [0.1, 0.15) is 35.6 Å². The molecule has 4 rings (SSSR count). The van der Waals surface area contributed by atoms with Crippen molar-refractivity contribution in [3.8, 4) is 0 Å². The fraction of sp³-hybridized carbons (Fsp3) is 0.214. The summed E-state index contributed by atoms with van der Waals surface area (Å²) in [6, 6.07) is 19.9. The lowest BCUT2D eigenvalue weighted by Gasteiger charge is -2.16. The van der Waals surface area contributed by atoms with E-state index in [0.29, 0.717) is 35.5 Å². The van der Waals surface area contributed by atoms with Crippen LogP contribution in [0.15, 0.2) is 66.7 Å². The van der Waals surface area contributed by atoms with Crippen molar-refractivity contribution >= 4 is 34.5 Å². The molecule has 0 spiro atoms. The quantitative estimate of drug-likeness (QED) is 0.302. The van der Waals surface area contributed by atoms with E-state index >= 15 is 0 Å². The summed E-state index contributed by atoms with van der Waals surface area (Å²) in [6.45, 7) is 2.88. The van der Waals surface area contributed by atoms with Crippen LogP contribution in [0.25, 0.3) is 11.3 Å². The second-order valence-electron chi connectivity index (χ2n) is 8.25. The van der Waals surface area contributed by atoms with Gasteiger partial charge < -0.3 is 20.7 Å². The molecule has 7 heteroatoms. The molecule has 180 valence electrons. The molecule has 1 amide bonds. The number of ether oxygens (including phenoxy) is 1. The van der Waals surface area contributed by atoms with Crippen molar-refractivity contribution in [1.29, 1.82) is 0 Å². The maximum Gasteiger partial charge on any atom is 0.306 e. The third-order valence-electron chi connectivity index (χ3n) is 5.72. The number of amides is 1. The first-order chi connectivity index (χ1) is 17.0. The molecule has 3 N–H and O–H groups in total. The zero-order valence-electron chi connectivity index (χ0n) is 19.8. The van der Waals surface area contributed by atoms with Crippen LogP contribution in [0.5, 0.6) is 0 Å². The number of carbonyl (C=O) groups is 2. The maximum absolute atomic E-state index is 13.8. The first kappa shape index (κ1) is 24.2. The van der Waals surface area contributed by atoms with Crippen LogP contribution >= 0.6 is 0 Å². The van der Waals surface area contributed by atoms with Gasteiger partial charge in [0, 0.05) is 24.2 Å². The van der Waals surface area contributed by atoms with Gasteiger partial charge in [0.2, 0.25) is 0 Å². The average molecular weight is 474 g/mol. The van der Waals surface area contributed by atoms with Crippen molar-refractivity contribution in [3.05, 3.63) is 94.8 Å². The Bertz CT molecular complexity index is 1270. The molecule has 0 unspecified atom stereocenters. The van der Waals surface area contributed by atoms with Crippen LogP contribution in [0.4, 0.5) is 15.8 Å². The Hall–Kier alpha value is -3.97. The first-order valence-electron chi connectivity index (χ1n) is 11.6. The number of nitrogens with one attached hydrogen (secondary N) is 3. The summed E-state index contributed by atoms with van der Waals surface area (Å²) < 4.78 is 18.9. The molecule has 6 nitrogen and oxygen atoms in total. The number of hydrogen-bond donors (Lipinski definition) is 3. The van der Waals surface area contributed by atoms with Crippen molar-refractivity contribution < 1.29 is 18.7 Å². The molecule has 0 saturated carbocycles. The number of halogens is 1. The minimum Gasteiger partial charge on any atom is -0.466 e. The van der Waals surface area contributed by atoms with E-state index in [9.17, 15) is 14.0 Å². The molecular weight excluding hydrogens is 445 g/mol. The average Bonchev–Trinajstić information content (AvgIpc) is 3.17. The van der Waals surface area contributed by atoms with Gasteiger partial charge >= 0.3 is 5.97 Å². The summed E-state index contributed by atoms with van der Waals surface area (Å²) in [4.78, 5) is 24.9. The third kappa shape index (κ3) is 5.75. The highest BCUT2D eigenvalue weighted by atomic mass is 19.1. The Balaban J connectivity index is 1.75. The Kier molecular flexibility index (Phi) is 7.57. The number of esters is 1. The monoisotopic (exact) mass is 473 g/mol. The van der Waals surface area contributed by atoms with Gasteiger partial charge in [0.1, 0.15) is 5.82 Å². The van der Waals surface area contributed by atoms with Crippen LogP contribution in [-0.2, 0) is 27.3 Å². The fourth-order valence-corrected chi connectivity index (χ4v) is 4.09. The molecule has 0 aromatic heterocycles. The second kappa shape index (κ2) is 11.0. The van der Waals surface area contributed by atoms with Gasteiger partial charge in [0.25, 0.3) is 5.91 Å². The number of benzene rings is 3. The molecule has 1 aliphatic heterocycles. The van der Waals surface area contributed by atoms with E-state index in [4.69, 9.17) is 4.74 Å². The highest BCUT2D eigenvalue weighted by Crippen LogP contribution is 2.38. The molecule has 3 aromatic rings. The van der Waals surface area contributed by atoms with Crippen molar-refractivity contribution in [3.63, 3.8) is 0 Å². The summed E-state index contributed by atoms with van der Waals surface area (Å²) in [7, 11) is 1.89. The van der Waals surface area contributed by atoms with E-state index in [2.05, 4.69) is 16.0 Å². The SMILES string of the molecule is CCOC(=O)CCc1cccc(C(Nc2ccc(CNC)cc2)=C2C(=O)Nc3cc(F)ccc32)c1. The highest BCUT2D eigenvalue weighted by molar-refractivity contribution is 6.37. The second-order valence-corrected chi connectivity index (χ2v) is 8.25. The Morgan fingerprint density at radius 3 is 2.57 bits per heavy atom. The third-order valence-corrected chi connectivity index (χ3v) is 5.72. The lowest BCUT2D eigenvalue weighted by molar-refractivity contribution is -0.143. The minimum atomic E-state index is -0.416. The molecule has 1 aliphatic rings. The molecule has 0 radical (unpaired) electrons. The topological polar surface area (TPSA) is 79.5 Å². The summed E-state index contributed by atoms with van der Waals surface area (Å²) in [6.07, 6.45) is 0.786. The van der Waals surface area contributed by atoms with Gasteiger partial charge in [-0.1, -0.05) is 30.3 Å². The van der Waals surface area contributed by atoms with Crippen LogP contribution in [0.2, 0.25) is 0 Å². The largest absolute Gasteiger partial charge is 0.466 e. The number of anilines is 2. The van der Waals surface area contributed by atoms with E-state index in [1.807, 2.05) is 55.6 Å². The predicted octanol–water partition coefficient (Wildman–Crippen LogP) is 4.97. The Morgan fingerprint density at radius 1 is 1.03 bits per heavy atom. The number of hydrogen-bond acceptors (Lipinski definition) is 5. The van der Waals surface area contributed by atoms with Gasteiger partial charge in [-0.2, -0.15) is 0 Å². The lowest BCUT2D eigenvalue weighted by atomic mass is 9.97. The molecule has 0 bridgehead atoms. The standard InChI is InChI=1S/C28H28FN3O3/c1-3-35-25(33)14-9-18-5-4-6-20(15-18)27(31-22-11-7-19(8-12-22)17-30-2)26-23-13-10-21(29)16-24(23)32-28(26)34/h4-8,10-13,15-16,30-31H,3,9,14,17H2,1-2H3,(H,32,34). The van der Waals surface area contributed by atoms with Crippen LogP contribution in [0.3, 0.4) is 0 Å². The Morgan fingerprint density at radius 2 is 1.83 bits per heavy atom. The molecule has 0 saturated heterocycles. The minimum absolute atomic E-state index is 0.248. The van der Waals surface area contributed by atoms with E-state index < -0.39 is 5.82 Å². The molecule has 1 heterocycles. The number of rotatable bonds is 9. The van der Waals surface area contributed by atoms with Crippen LogP contribution in [-0.4, -0.2) is 25.5 Å². The zero-order valence-corrected chi connectivity index (χ0v) is 19.8. The Labute approximate surface area is 204 Å². The molecule has 3 aromatic carbocycles. The van der Waals surface area contributed by atoms with E-state index in [0.717, 1.165) is 28.9 Å². The molecule has 35 heavy (non-hydrogen) atoms. The summed E-state index contributed by atoms with van der Waals surface area (Å²) in [5.41, 5.74) is 5.77. The first-order valence-corrected chi connectivity index (χ1v) is 11.6. The van der Waals surface area contributed by atoms with Gasteiger partial charge in [-0.3, -0.25) is 9.59 Å². The number of aryl methyl sites for hydroxylation is 1. The highest BCUT2D eigenvalue weighted by Gasteiger charge is 2.29. The molecular formula is C28H28FN3O3. The van der Waals surface area contributed by atoms with E-state index in [1.54, 1.807) is 13.0 Å². The van der Waals surface area contributed by atoms with Crippen LogP contribution in [0, 0.1) is 5.82 Å². The number of carbonyl (C=O) groups excluding carboxylic acids is 2. The summed E-state index contributed by atoms with van der Waals surface area (Å²) in [5.74, 6) is -0.972. The summed E-state index contributed by atoms with van der Waals surface area (Å²) in [5, 5.41) is 9.31. The van der Waals surface area contributed by atoms with Crippen molar-refractivity contribution in [1.82, 2.24) is 5.32 Å². The summed E-state index contributed by atoms with van der Waals surface area (Å²) >= 11 is 0. The normalized spacial score (nSPS) is 13.7. The van der Waals surface area contributed by atoms with Crippen molar-refractivity contribution in [2.45, 2.75) is 26.3 Å². The van der Waals surface area contributed by atoms with E-state index in [1.165, 1.54) is 12.1 Å². The van der Waals surface area contributed by atoms with Crippen LogP contribution < -0.4 is 16.0 Å². The lowest BCUT2D eigenvalue weighted by Crippen LogP contribution is -2.11. The zero-order chi connectivity index (χ0) is 24.8. The van der Waals surface area contributed by atoms with Gasteiger partial charge in [0.15, 0.2) is 0 Å². The predicted molar refractivity (Wildman–Crippen MR) is 136 cm³/mol. The van der Waals surface area contributed by atoms with Gasteiger partial charge in [-0.25, -0.2) is 4.39 Å². The molecule has 0 fully saturated rings. The van der Waals surface area contributed by atoms with Gasteiger partial charge in [-0.15, -0.1) is 0 Å². The van der Waals surface area contributed by atoms with Crippen molar-refractivity contribution in [2.24, 2.45) is 0 Å². The van der Waals surface area contributed by atoms with Gasteiger partial charge in [0.05, 0.1) is 23.6 Å². The maximum atomic E-state index is 13.8. The molecule has 0 atom stereocenters. The van der Waals surface area contributed by atoms with E-state index in [-0.39, 0.29) is 18.3 Å². The smallest absolute Gasteiger partial charge is 0.306 e. The van der Waals surface area contributed by atoms with Gasteiger partial charge in [-0.05, 0) is 73.5 Å².